The molecule has 1 heterocycles. The van der Waals surface area contributed by atoms with Crippen molar-refractivity contribution in [2.45, 2.75) is 20.4 Å². The van der Waals surface area contributed by atoms with Crippen LogP contribution >= 0.6 is 0 Å². The van der Waals surface area contributed by atoms with Crippen molar-refractivity contribution in [3.8, 4) is 11.5 Å². The van der Waals surface area contributed by atoms with E-state index >= 15 is 0 Å². The second-order valence-electron chi connectivity index (χ2n) is 6.24. The van der Waals surface area contributed by atoms with Gasteiger partial charge in [-0.2, -0.15) is 0 Å². The lowest BCUT2D eigenvalue weighted by Crippen LogP contribution is -2.36. The Morgan fingerprint density at radius 2 is 1.70 bits per heavy atom. The highest BCUT2D eigenvalue weighted by Gasteiger charge is 2.18. The maximum Gasteiger partial charge on any atom is 0.244 e. The van der Waals surface area contributed by atoms with E-state index in [1.807, 2.05) is 6.07 Å². The van der Waals surface area contributed by atoms with Crippen molar-refractivity contribution in [1.29, 1.82) is 0 Å². The molecule has 7 nitrogen and oxygen atoms in total. The third kappa shape index (κ3) is 4.63. The molecule has 0 unspecified atom stereocenters. The Morgan fingerprint density at radius 1 is 1.00 bits per heavy atom. The van der Waals surface area contributed by atoms with Crippen molar-refractivity contribution in [3.63, 3.8) is 0 Å². The van der Waals surface area contributed by atoms with Gasteiger partial charge in [-0.15, -0.1) is 0 Å². The fourth-order valence-corrected chi connectivity index (χ4v) is 2.70. The minimum Gasteiger partial charge on any atom is -0.454 e. The minimum absolute atomic E-state index is 0.0423. The number of benzene rings is 2. The van der Waals surface area contributed by atoms with Crippen LogP contribution in [-0.2, 0) is 16.1 Å². The number of fused-ring (bicyclic) bond motifs is 1. The van der Waals surface area contributed by atoms with Gasteiger partial charge >= 0.3 is 0 Å². The number of amides is 2. The van der Waals surface area contributed by atoms with Gasteiger partial charge in [0.2, 0.25) is 18.6 Å². The van der Waals surface area contributed by atoms with Crippen molar-refractivity contribution >= 4 is 23.3 Å². The smallest absolute Gasteiger partial charge is 0.244 e. The Balaban J connectivity index is 1.62. The quantitative estimate of drug-likeness (QED) is 0.792. The van der Waals surface area contributed by atoms with Crippen molar-refractivity contribution in [2.75, 3.05) is 18.7 Å². The Bertz CT molecular complexity index is 876. The lowest BCUT2D eigenvalue weighted by molar-refractivity contribution is -0.133. The largest absolute Gasteiger partial charge is 0.454 e. The summed E-state index contributed by atoms with van der Waals surface area (Å²) < 4.78 is 10.6. The minimum atomic E-state index is -0.318. The number of ketones is 1. The molecule has 0 saturated carbocycles. The van der Waals surface area contributed by atoms with E-state index in [1.165, 1.54) is 18.7 Å². The predicted octanol–water partition coefficient (Wildman–Crippen LogP) is 2.61. The van der Waals surface area contributed by atoms with Gasteiger partial charge < -0.3 is 19.7 Å². The third-order valence-corrected chi connectivity index (χ3v) is 4.17. The Labute approximate surface area is 156 Å². The molecule has 0 atom stereocenters. The molecule has 0 aromatic heterocycles. The number of carbonyl (C=O) groups is 3. The first-order valence-electron chi connectivity index (χ1n) is 8.47. The average Bonchev–Trinajstić information content (AvgIpc) is 3.09. The van der Waals surface area contributed by atoms with E-state index in [0.29, 0.717) is 22.7 Å². The maximum atomic E-state index is 12.3. The van der Waals surface area contributed by atoms with Crippen LogP contribution < -0.4 is 14.8 Å². The second kappa shape index (κ2) is 7.90. The van der Waals surface area contributed by atoms with E-state index in [0.717, 1.165) is 5.56 Å². The van der Waals surface area contributed by atoms with Gasteiger partial charge in [-0.3, -0.25) is 14.4 Å². The fourth-order valence-electron chi connectivity index (χ4n) is 2.70. The number of carbonyl (C=O) groups excluding carboxylic acids is 3. The molecule has 7 heteroatoms. The number of nitrogens with one attached hydrogen (secondary N) is 1. The van der Waals surface area contributed by atoms with Gasteiger partial charge in [0.25, 0.3) is 0 Å². The summed E-state index contributed by atoms with van der Waals surface area (Å²) in [4.78, 5) is 37.0. The average molecular weight is 368 g/mol. The summed E-state index contributed by atoms with van der Waals surface area (Å²) in [6.07, 6.45) is 0. The number of rotatable bonds is 6. The lowest BCUT2D eigenvalue weighted by Gasteiger charge is -2.21. The molecule has 2 aromatic rings. The molecule has 2 amide bonds. The second-order valence-corrected chi connectivity index (χ2v) is 6.24. The van der Waals surface area contributed by atoms with Crippen LogP contribution in [-0.4, -0.2) is 35.8 Å². The summed E-state index contributed by atoms with van der Waals surface area (Å²) >= 11 is 0. The standard InChI is InChI=1S/C20H20N2O5/c1-13(23)16-4-6-17(7-5-16)21-20(25)11-22(14(2)24)10-15-3-8-18-19(9-15)27-12-26-18/h3-9H,10-12H2,1-2H3,(H,21,25). The summed E-state index contributed by atoms with van der Waals surface area (Å²) in [7, 11) is 0. The van der Waals surface area contributed by atoms with Crippen LogP contribution in [0.4, 0.5) is 5.69 Å². The van der Waals surface area contributed by atoms with E-state index in [4.69, 9.17) is 9.47 Å². The molecule has 1 aliphatic rings. The van der Waals surface area contributed by atoms with Crippen molar-refractivity contribution in [1.82, 2.24) is 4.90 Å². The van der Waals surface area contributed by atoms with Crippen LogP contribution in [0.5, 0.6) is 11.5 Å². The first-order chi connectivity index (χ1) is 12.9. The predicted molar refractivity (Wildman–Crippen MR) is 98.7 cm³/mol. The highest BCUT2D eigenvalue weighted by atomic mass is 16.7. The molecule has 1 aliphatic heterocycles. The van der Waals surface area contributed by atoms with Crippen LogP contribution in [0.25, 0.3) is 0 Å². The number of hydrogen-bond donors (Lipinski definition) is 1. The number of ether oxygens (including phenoxy) is 2. The molecular formula is C20H20N2O5. The van der Waals surface area contributed by atoms with Crippen LogP contribution in [0.1, 0.15) is 29.8 Å². The first-order valence-corrected chi connectivity index (χ1v) is 8.47. The van der Waals surface area contributed by atoms with Crippen molar-refractivity contribution in [2.24, 2.45) is 0 Å². The van der Waals surface area contributed by atoms with Crippen molar-refractivity contribution in [3.05, 3.63) is 53.6 Å². The molecule has 0 fully saturated rings. The first kappa shape index (κ1) is 18.4. The highest BCUT2D eigenvalue weighted by molar-refractivity contribution is 5.96. The number of anilines is 1. The van der Waals surface area contributed by atoms with Gasteiger partial charge in [0.05, 0.1) is 0 Å². The lowest BCUT2D eigenvalue weighted by atomic mass is 10.1. The monoisotopic (exact) mass is 368 g/mol. The molecule has 0 radical (unpaired) electrons. The fraction of sp³-hybridized carbons (Fsp3) is 0.250. The molecule has 1 N–H and O–H groups in total. The van der Waals surface area contributed by atoms with E-state index in [-0.39, 0.29) is 37.5 Å². The summed E-state index contributed by atoms with van der Waals surface area (Å²) in [5.41, 5.74) is 1.98. The molecule has 0 spiro atoms. The highest BCUT2D eigenvalue weighted by Crippen LogP contribution is 2.32. The van der Waals surface area contributed by atoms with Gasteiger partial charge in [0.15, 0.2) is 17.3 Å². The zero-order valence-electron chi connectivity index (χ0n) is 15.2. The van der Waals surface area contributed by atoms with Crippen LogP contribution in [0.3, 0.4) is 0 Å². The van der Waals surface area contributed by atoms with Crippen LogP contribution in [0, 0.1) is 0 Å². The number of hydrogen-bond acceptors (Lipinski definition) is 5. The summed E-state index contributed by atoms with van der Waals surface area (Å²) in [6.45, 7) is 3.28. The summed E-state index contributed by atoms with van der Waals surface area (Å²) in [5.74, 6) is 0.724. The van der Waals surface area contributed by atoms with Crippen molar-refractivity contribution < 1.29 is 23.9 Å². The topological polar surface area (TPSA) is 84.9 Å². The van der Waals surface area contributed by atoms with Gasteiger partial charge in [0, 0.05) is 24.7 Å². The Hall–Kier alpha value is -3.35. The molecule has 0 bridgehead atoms. The summed E-state index contributed by atoms with van der Waals surface area (Å²) in [6, 6.07) is 12.0. The van der Waals surface area contributed by atoms with E-state index < -0.39 is 0 Å². The Kier molecular flexibility index (Phi) is 5.40. The third-order valence-electron chi connectivity index (χ3n) is 4.17. The summed E-state index contributed by atoms with van der Waals surface area (Å²) in [5, 5.41) is 2.73. The zero-order chi connectivity index (χ0) is 19.4. The van der Waals surface area contributed by atoms with Crippen LogP contribution in [0.15, 0.2) is 42.5 Å². The maximum absolute atomic E-state index is 12.3. The van der Waals surface area contributed by atoms with E-state index in [1.54, 1.807) is 36.4 Å². The van der Waals surface area contributed by atoms with E-state index in [9.17, 15) is 14.4 Å². The van der Waals surface area contributed by atoms with Gasteiger partial charge in [-0.1, -0.05) is 6.07 Å². The molecule has 0 aliphatic carbocycles. The normalized spacial score (nSPS) is 11.8. The molecule has 27 heavy (non-hydrogen) atoms. The zero-order valence-corrected chi connectivity index (χ0v) is 15.2. The molecule has 2 aromatic carbocycles. The van der Waals surface area contributed by atoms with Gasteiger partial charge in [-0.05, 0) is 48.9 Å². The Morgan fingerprint density at radius 3 is 2.37 bits per heavy atom. The molecule has 3 rings (SSSR count). The SMILES string of the molecule is CC(=O)c1ccc(NC(=O)CN(Cc2ccc3c(c2)OCO3)C(C)=O)cc1. The number of Topliss-reactive ketones (excluding diaryl/α,β-unsaturated/α-hetero) is 1. The molecule has 0 saturated heterocycles. The molecular weight excluding hydrogens is 348 g/mol. The van der Waals surface area contributed by atoms with Gasteiger partial charge in [0.1, 0.15) is 6.54 Å². The van der Waals surface area contributed by atoms with Crippen LogP contribution in [0.2, 0.25) is 0 Å². The number of nitrogens with zero attached hydrogens (tertiary/aromatic N) is 1. The van der Waals surface area contributed by atoms with E-state index in [2.05, 4.69) is 5.32 Å². The van der Waals surface area contributed by atoms with Gasteiger partial charge in [-0.25, -0.2) is 0 Å². The molecule has 140 valence electrons.